The second-order valence-corrected chi connectivity index (χ2v) is 7.59. The summed E-state index contributed by atoms with van der Waals surface area (Å²) in [5.41, 5.74) is 1.55. The van der Waals surface area contributed by atoms with Gasteiger partial charge in [0.2, 0.25) is 5.91 Å². The Kier molecular flexibility index (Phi) is 8.90. The molecule has 0 bridgehead atoms. The van der Waals surface area contributed by atoms with Gasteiger partial charge in [0.15, 0.2) is 11.5 Å². The molecule has 6 heteroatoms. The zero-order chi connectivity index (χ0) is 21.2. The summed E-state index contributed by atoms with van der Waals surface area (Å²) in [6.45, 7) is 8.95. The maximum Gasteiger partial charge on any atom is 0.358 e. The van der Waals surface area contributed by atoms with E-state index in [0.29, 0.717) is 30.4 Å². The maximum atomic E-state index is 12.6. The van der Waals surface area contributed by atoms with Crippen molar-refractivity contribution < 1.29 is 14.3 Å². The van der Waals surface area contributed by atoms with Crippen LogP contribution < -0.4 is 5.32 Å². The number of benzene rings is 1. The van der Waals surface area contributed by atoms with Gasteiger partial charge in [-0.2, -0.15) is 0 Å². The first kappa shape index (κ1) is 22.7. The average molecular weight is 400 g/mol. The lowest BCUT2D eigenvalue weighted by molar-refractivity contribution is -0.116. The molecule has 0 saturated carbocycles. The van der Waals surface area contributed by atoms with Crippen LogP contribution in [0.15, 0.2) is 30.3 Å². The van der Waals surface area contributed by atoms with Gasteiger partial charge in [-0.1, -0.05) is 51.1 Å². The van der Waals surface area contributed by atoms with Crippen molar-refractivity contribution in [3.8, 4) is 0 Å². The predicted molar refractivity (Wildman–Crippen MR) is 115 cm³/mol. The third kappa shape index (κ3) is 6.73. The van der Waals surface area contributed by atoms with E-state index < -0.39 is 5.97 Å². The van der Waals surface area contributed by atoms with Crippen molar-refractivity contribution in [1.82, 2.24) is 9.55 Å². The van der Waals surface area contributed by atoms with Crippen molar-refractivity contribution in [1.29, 1.82) is 0 Å². The largest absolute Gasteiger partial charge is 0.461 e. The molecule has 0 fully saturated rings. The number of aromatic nitrogens is 2. The van der Waals surface area contributed by atoms with Crippen LogP contribution in [0.5, 0.6) is 0 Å². The van der Waals surface area contributed by atoms with Crippen LogP contribution in [0.3, 0.4) is 0 Å². The molecular formula is C23H33N3O3. The van der Waals surface area contributed by atoms with Crippen molar-refractivity contribution in [2.24, 2.45) is 5.92 Å². The van der Waals surface area contributed by atoms with Crippen LogP contribution in [0.25, 0.3) is 0 Å². The van der Waals surface area contributed by atoms with Crippen LogP contribution in [0.4, 0.5) is 5.82 Å². The molecule has 2 aromatic rings. The molecule has 29 heavy (non-hydrogen) atoms. The van der Waals surface area contributed by atoms with Crippen molar-refractivity contribution >= 4 is 17.7 Å². The second-order valence-electron chi connectivity index (χ2n) is 7.59. The number of carbonyl (C=O) groups excluding carboxylic acids is 2. The lowest BCUT2D eigenvalue weighted by Crippen LogP contribution is -2.20. The number of imidazole rings is 1. The molecule has 0 saturated heterocycles. The third-order valence-corrected chi connectivity index (χ3v) is 4.51. The molecule has 1 amide bonds. The molecule has 1 heterocycles. The van der Waals surface area contributed by atoms with Gasteiger partial charge in [0.05, 0.1) is 6.61 Å². The molecule has 1 N–H and O–H groups in total. The molecule has 0 radical (unpaired) electrons. The molecule has 0 atom stereocenters. The first-order valence-electron chi connectivity index (χ1n) is 10.6. The van der Waals surface area contributed by atoms with Gasteiger partial charge in [-0.25, -0.2) is 9.78 Å². The molecule has 6 nitrogen and oxygen atoms in total. The third-order valence-electron chi connectivity index (χ3n) is 4.51. The Morgan fingerprint density at radius 2 is 1.86 bits per heavy atom. The minimum absolute atomic E-state index is 0.135. The summed E-state index contributed by atoms with van der Waals surface area (Å²) < 4.78 is 7.16. The lowest BCUT2D eigenvalue weighted by Gasteiger charge is -2.14. The maximum absolute atomic E-state index is 12.6. The van der Waals surface area contributed by atoms with Gasteiger partial charge in [0.25, 0.3) is 0 Å². The number of esters is 1. The zero-order valence-corrected chi connectivity index (χ0v) is 18.0. The van der Waals surface area contributed by atoms with Gasteiger partial charge in [0.1, 0.15) is 5.82 Å². The number of hydrogen-bond acceptors (Lipinski definition) is 4. The number of aryl methyl sites for hydroxylation is 2. The van der Waals surface area contributed by atoms with Gasteiger partial charge in [-0.05, 0) is 37.7 Å². The van der Waals surface area contributed by atoms with Crippen molar-refractivity contribution in [2.75, 3.05) is 11.9 Å². The van der Waals surface area contributed by atoms with Crippen LogP contribution in [0, 0.1) is 5.92 Å². The fourth-order valence-electron chi connectivity index (χ4n) is 3.26. The number of hydrogen-bond donors (Lipinski definition) is 1. The number of ether oxygens (including phenoxy) is 1. The van der Waals surface area contributed by atoms with Crippen LogP contribution in [-0.2, 0) is 28.9 Å². The summed E-state index contributed by atoms with van der Waals surface area (Å²) in [5.74, 6) is 0.884. The summed E-state index contributed by atoms with van der Waals surface area (Å²) in [4.78, 5) is 29.7. The first-order chi connectivity index (χ1) is 14.0. The number of nitrogens with one attached hydrogen (secondary N) is 1. The molecule has 158 valence electrons. The van der Waals surface area contributed by atoms with Crippen LogP contribution in [0.1, 0.15) is 68.8 Å². The highest BCUT2D eigenvalue weighted by molar-refractivity contribution is 5.99. The molecule has 2 rings (SSSR count). The highest BCUT2D eigenvalue weighted by atomic mass is 16.5. The molecule has 0 unspecified atom stereocenters. The van der Waals surface area contributed by atoms with E-state index >= 15 is 0 Å². The highest BCUT2D eigenvalue weighted by Crippen LogP contribution is 2.22. The van der Waals surface area contributed by atoms with E-state index in [1.165, 1.54) is 5.56 Å². The SMILES string of the molecule is CCCc1nc(NC(=O)CCCc2ccccc2)c(C(=O)OCC)n1CC(C)C. The average Bonchev–Trinajstić information content (AvgIpc) is 2.99. The van der Waals surface area contributed by atoms with Crippen molar-refractivity contribution in [3.05, 3.63) is 47.4 Å². The van der Waals surface area contributed by atoms with Crippen molar-refractivity contribution in [2.45, 2.75) is 66.3 Å². The standard InChI is InChI=1S/C23H33N3O3/c1-5-11-19-24-22(21(23(28)29-6-2)26(19)16-17(3)4)25-20(27)15-10-14-18-12-8-7-9-13-18/h7-9,12-13,17H,5-6,10-11,14-16H2,1-4H3,(H,25,27). The number of rotatable bonds is 11. The van der Waals surface area contributed by atoms with E-state index in [4.69, 9.17) is 4.74 Å². The summed E-state index contributed by atoms with van der Waals surface area (Å²) in [7, 11) is 0. The fourth-order valence-corrected chi connectivity index (χ4v) is 3.26. The summed E-state index contributed by atoms with van der Waals surface area (Å²) in [5, 5.41) is 2.86. The lowest BCUT2D eigenvalue weighted by atomic mass is 10.1. The van der Waals surface area contributed by atoms with E-state index in [0.717, 1.165) is 31.5 Å². The summed E-state index contributed by atoms with van der Waals surface area (Å²) in [6.07, 6.45) is 3.59. The minimum atomic E-state index is -0.442. The number of carbonyl (C=O) groups is 2. The number of anilines is 1. The quantitative estimate of drug-likeness (QED) is 0.559. The highest BCUT2D eigenvalue weighted by Gasteiger charge is 2.25. The Morgan fingerprint density at radius 1 is 1.14 bits per heavy atom. The molecule has 0 aliphatic carbocycles. The van der Waals surface area contributed by atoms with Crippen LogP contribution >= 0.6 is 0 Å². The predicted octanol–water partition coefficient (Wildman–Crippen LogP) is 4.63. The second kappa shape index (κ2) is 11.4. The molecule has 1 aromatic carbocycles. The van der Waals surface area contributed by atoms with Gasteiger partial charge < -0.3 is 14.6 Å². The smallest absolute Gasteiger partial charge is 0.358 e. The Morgan fingerprint density at radius 3 is 2.48 bits per heavy atom. The Labute approximate surface area is 173 Å². The van der Waals surface area contributed by atoms with E-state index in [1.54, 1.807) is 6.92 Å². The normalized spacial score (nSPS) is 10.9. The molecule has 0 spiro atoms. The molecular weight excluding hydrogens is 366 g/mol. The topological polar surface area (TPSA) is 73.2 Å². The molecule has 0 aliphatic rings. The Balaban J connectivity index is 2.16. The van der Waals surface area contributed by atoms with Gasteiger partial charge >= 0.3 is 5.97 Å². The Bertz CT molecular complexity index is 797. The molecule has 1 aromatic heterocycles. The number of amides is 1. The summed E-state index contributed by atoms with van der Waals surface area (Å²) in [6, 6.07) is 10.1. The molecule has 0 aliphatic heterocycles. The minimum Gasteiger partial charge on any atom is -0.461 e. The van der Waals surface area contributed by atoms with E-state index in [1.807, 2.05) is 22.8 Å². The monoisotopic (exact) mass is 399 g/mol. The van der Waals surface area contributed by atoms with E-state index in [2.05, 4.69) is 43.2 Å². The van der Waals surface area contributed by atoms with Crippen LogP contribution in [0.2, 0.25) is 0 Å². The Hall–Kier alpha value is -2.63. The van der Waals surface area contributed by atoms with E-state index in [-0.39, 0.29) is 12.5 Å². The van der Waals surface area contributed by atoms with Crippen molar-refractivity contribution in [3.63, 3.8) is 0 Å². The fraction of sp³-hybridized carbons (Fsp3) is 0.522. The number of nitrogens with zero attached hydrogens (tertiary/aromatic N) is 2. The van der Waals surface area contributed by atoms with Gasteiger partial charge in [-0.15, -0.1) is 0 Å². The zero-order valence-electron chi connectivity index (χ0n) is 18.0. The van der Waals surface area contributed by atoms with Crippen LogP contribution in [-0.4, -0.2) is 28.0 Å². The van der Waals surface area contributed by atoms with Gasteiger partial charge in [0, 0.05) is 19.4 Å². The first-order valence-corrected chi connectivity index (χ1v) is 10.6. The van der Waals surface area contributed by atoms with E-state index in [9.17, 15) is 9.59 Å². The summed E-state index contributed by atoms with van der Waals surface area (Å²) >= 11 is 0. The van der Waals surface area contributed by atoms with Gasteiger partial charge in [-0.3, -0.25) is 4.79 Å².